The number of aryl methyl sites for hydroxylation is 1. The fourth-order valence-corrected chi connectivity index (χ4v) is 4.83. The van der Waals surface area contributed by atoms with Crippen molar-refractivity contribution in [2.24, 2.45) is 5.92 Å². The molecule has 0 saturated carbocycles. The van der Waals surface area contributed by atoms with Crippen molar-refractivity contribution in [3.63, 3.8) is 0 Å². The van der Waals surface area contributed by atoms with Crippen molar-refractivity contribution < 1.29 is 14.2 Å². The summed E-state index contributed by atoms with van der Waals surface area (Å²) in [6.07, 6.45) is 6.25. The maximum absolute atomic E-state index is 5.80. The quantitative estimate of drug-likeness (QED) is 0.161. The Labute approximate surface area is 254 Å². The monoisotopic (exact) mass is 590 g/mol. The van der Waals surface area contributed by atoms with Gasteiger partial charge in [0.05, 0.1) is 21.3 Å². The van der Waals surface area contributed by atoms with Crippen LogP contribution in [0.4, 0.5) is 0 Å². The zero-order chi connectivity index (χ0) is 27.0. The van der Waals surface area contributed by atoms with Crippen LogP contribution in [0.15, 0.2) is 66.7 Å². The van der Waals surface area contributed by atoms with Crippen LogP contribution in [-0.2, 0) is 25.7 Å². The standard InChI is InChI=1S/C33H46N2O3.2ClH/c1-26(17-21-34-23-19-27-9-6-5-7-10-27)18-22-35-24-20-29-14-16-32(37-3)33(38-4)31(29)15-13-28-11-8-12-30(25-28)36-2;;/h5-12,14,16,25-26,34-35H,13,15,17-24H2,1-4H3;2*1H. The molecule has 0 radical (unpaired) electrons. The lowest BCUT2D eigenvalue weighted by Gasteiger charge is -2.18. The topological polar surface area (TPSA) is 51.8 Å². The van der Waals surface area contributed by atoms with Gasteiger partial charge in [0, 0.05) is 5.56 Å². The van der Waals surface area contributed by atoms with E-state index in [4.69, 9.17) is 14.2 Å². The van der Waals surface area contributed by atoms with E-state index in [1.165, 1.54) is 35.1 Å². The molecule has 40 heavy (non-hydrogen) atoms. The molecule has 3 rings (SSSR count). The molecule has 0 spiro atoms. The minimum Gasteiger partial charge on any atom is -0.497 e. The number of hydrogen-bond acceptors (Lipinski definition) is 5. The van der Waals surface area contributed by atoms with Crippen molar-refractivity contribution in [2.45, 2.75) is 45.4 Å². The number of nitrogens with one attached hydrogen (secondary N) is 2. The molecule has 0 saturated heterocycles. The summed E-state index contributed by atoms with van der Waals surface area (Å²) in [5, 5.41) is 7.26. The lowest BCUT2D eigenvalue weighted by atomic mass is 9.96. The first kappa shape index (κ1) is 35.6. The van der Waals surface area contributed by atoms with Crippen molar-refractivity contribution in [3.8, 4) is 17.2 Å². The summed E-state index contributed by atoms with van der Waals surface area (Å²) in [4.78, 5) is 0. The molecule has 0 amide bonds. The van der Waals surface area contributed by atoms with Gasteiger partial charge in [-0.2, -0.15) is 0 Å². The lowest BCUT2D eigenvalue weighted by Crippen LogP contribution is -2.23. The average Bonchev–Trinajstić information content (AvgIpc) is 2.96. The highest BCUT2D eigenvalue weighted by atomic mass is 35.5. The number of ether oxygens (including phenoxy) is 3. The molecule has 7 heteroatoms. The molecule has 0 heterocycles. The average molecular weight is 592 g/mol. The number of rotatable bonds is 18. The van der Waals surface area contributed by atoms with Gasteiger partial charge in [0.1, 0.15) is 5.75 Å². The van der Waals surface area contributed by atoms with E-state index in [9.17, 15) is 0 Å². The van der Waals surface area contributed by atoms with Crippen molar-refractivity contribution >= 4 is 24.8 Å². The van der Waals surface area contributed by atoms with E-state index in [1.807, 2.05) is 18.2 Å². The highest BCUT2D eigenvalue weighted by Crippen LogP contribution is 2.34. The first-order valence-corrected chi connectivity index (χ1v) is 14.0. The van der Waals surface area contributed by atoms with Gasteiger partial charge in [0.2, 0.25) is 0 Å². The fraction of sp³-hybridized carbons (Fsp3) is 0.455. The van der Waals surface area contributed by atoms with Gasteiger partial charge in [-0.1, -0.05) is 55.5 Å². The van der Waals surface area contributed by atoms with Crippen LogP contribution in [0, 0.1) is 5.92 Å². The summed E-state index contributed by atoms with van der Waals surface area (Å²) in [5.41, 5.74) is 5.19. The second-order valence-corrected chi connectivity index (χ2v) is 9.96. The van der Waals surface area contributed by atoms with Crippen molar-refractivity contribution in [3.05, 3.63) is 89.0 Å². The normalized spacial score (nSPS) is 11.2. The highest BCUT2D eigenvalue weighted by Gasteiger charge is 2.15. The van der Waals surface area contributed by atoms with Gasteiger partial charge in [0.25, 0.3) is 0 Å². The summed E-state index contributed by atoms with van der Waals surface area (Å²) in [6, 6.07) is 23.2. The first-order valence-electron chi connectivity index (χ1n) is 14.0. The Kier molecular flexibility index (Phi) is 18.2. The second-order valence-electron chi connectivity index (χ2n) is 9.96. The summed E-state index contributed by atoms with van der Waals surface area (Å²) < 4.78 is 16.8. The summed E-state index contributed by atoms with van der Waals surface area (Å²) >= 11 is 0. The minimum atomic E-state index is 0. The number of benzene rings is 3. The molecule has 222 valence electrons. The van der Waals surface area contributed by atoms with E-state index < -0.39 is 0 Å². The number of methoxy groups -OCH3 is 3. The summed E-state index contributed by atoms with van der Waals surface area (Å²) in [6.45, 7) is 6.46. The largest absolute Gasteiger partial charge is 0.497 e. The van der Waals surface area contributed by atoms with Crippen molar-refractivity contribution in [1.29, 1.82) is 0 Å². The Morgan fingerprint density at radius 1 is 0.625 bits per heavy atom. The Hall–Kier alpha value is -2.44. The molecule has 3 aromatic carbocycles. The van der Waals surface area contributed by atoms with E-state index in [0.717, 1.165) is 69.1 Å². The molecule has 0 aliphatic rings. The first-order chi connectivity index (χ1) is 18.6. The van der Waals surface area contributed by atoms with Crippen LogP contribution in [0.25, 0.3) is 0 Å². The van der Waals surface area contributed by atoms with Crippen LogP contribution in [0.5, 0.6) is 17.2 Å². The van der Waals surface area contributed by atoms with Gasteiger partial charge in [-0.3, -0.25) is 0 Å². The molecule has 0 aliphatic heterocycles. The van der Waals surface area contributed by atoms with Crippen LogP contribution in [-0.4, -0.2) is 47.5 Å². The maximum Gasteiger partial charge on any atom is 0.164 e. The predicted octanol–water partition coefficient (Wildman–Crippen LogP) is 6.72. The third-order valence-electron chi connectivity index (χ3n) is 7.18. The van der Waals surface area contributed by atoms with Crippen molar-refractivity contribution in [2.75, 3.05) is 47.5 Å². The molecule has 0 bridgehead atoms. The van der Waals surface area contributed by atoms with Crippen LogP contribution in [0.3, 0.4) is 0 Å². The Bertz CT molecular complexity index is 1080. The Morgan fingerprint density at radius 3 is 1.95 bits per heavy atom. The second kappa shape index (κ2) is 20.4. The van der Waals surface area contributed by atoms with E-state index >= 15 is 0 Å². The summed E-state index contributed by atoms with van der Waals surface area (Å²) in [7, 11) is 5.14. The van der Waals surface area contributed by atoms with E-state index in [0.29, 0.717) is 5.92 Å². The zero-order valence-corrected chi connectivity index (χ0v) is 26.2. The number of hydrogen-bond donors (Lipinski definition) is 2. The predicted molar refractivity (Wildman–Crippen MR) is 172 cm³/mol. The lowest BCUT2D eigenvalue weighted by molar-refractivity contribution is 0.351. The zero-order valence-electron chi connectivity index (χ0n) is 24.5. The molecule has 5 nitrogen and oxygen atoms in total. The fourth-order valence-electron chi connectivity index (χ4n) is 4.83. The van der Waals surface area contributed by atoms with E-state index in [-0.39, 0.29) is 24.8 Å². The van der Waals surface area contributed by atoms with Crippen LogP contribution >= 0.6 is 24.8 Å². The van der Waals surface area contributed by atoms with Gasteiger partial charge in [-0.15, -0.1) is 24.8 Å². The number of halogens is 2. The van der Waals surface area contributed by atoms with Gasteiger partial charge >= 0.3 is 0 Å². The molecule has 1 unspecified atom stereocenters. The van der Waals surface area contributed by atoms with Crippen molar-refractivity contribution in [1.82, 2.24) is 10.6 Å². The smallest absolute Gasteiger partial charge is 0.164 e. The molecule has 3 aromatic rings. The van der Waals surface area contributed by atoms with E-state index in [1.54, 1.807) is 21.3 Å². The summed E-state index contributed by atoms with van der Waals surface area (Å²) in [5.74, 6) is 3.23. The van der Waals surface area contributed by atoms with Crippen LogP contribution in [0.1, 0.15) is 42.0 Å². The molecule has 0 aliphatic carbocycles. The molecule has 0 aromatic heterocycles. The minimum absolute atomic E-state index is 0. The Balaban J connectivity index is 0.00000400. The maximum atomic E-state index is 5.80. The van der Waals surface area contributed by atoms with Gasteiger partial charge in [0.15, 0.2) is 11.5 Å². The van der Waals surface area contributed by atoms with Gasteiger partial charge in [-0.25, -0.2) is 0 Å². The molecule has 2 N–H and O–H groups in total. The Morgan fingerprint density at radius 2 is 1.30 bits per heavy atom. The van der Waals surface area contributed by atoms with Gasteiger partial charge < -0.3 is 24.8 Å². The van der Waals surface area contributed by atoms with Crippen LogP contribution < -0.4 is 24.8 Å². The highest BCUT2D eigenvalue weighted by molar-refractivity contribution is 5.85. The third-order valence-corrected chi connectivity index (χ3v) is 7.18. The third kappa shape index (κ3) is 12.0. The van der Waals surface area contributed by atoms with Crippen LogP contribution in [0.2, 0.25) is 0 Å². The molecule has 1 atom stereocenters. The molecular weight excluding hydrogens is 543 g/mol. The molecule has 0 fully saturated rings. The molecular formula is C33H48Cl2N2O3. The SMILES string of the molecule is COc1cccc(CCc2c(CCNCCC(C)CCNCCc3ccccc3)ccc(OC)c2OC)c1.Cl.Cl. The van der Waals surface area contributed by atoms with Gasteiger partial charge in [-0.05, 0) is 106 Å². The van der Waals surface area contributed by atoms with E-state index in [2.05, 4.69) is 66.1 Å².